The van der Waals surface area contributed by atoms with Crippen LogP contribution in [-0.2, 0) is 16.0 Å². The van der Waals surface area contributed by atoms with Gasteiger partial charge in [-0.15, -0.1) is 0 Å². The number of halogens is 2. The maximum absolute atomic E-state index is 13.9. The lowest BCUT2D eigenvalue weighted by Gasteiger charge is -2.41. The molecule has 5 N–H and O–H groups in total. The van der Waals surface area contributed by atoms with Crippen molar-refractivity contribution in [2.75, 3.05) is 20.7 Å². The molecule has 1 saturated carbocycles. The zero-order valence-corrected chi connectivity index (χ0v) is 22.6. The van der Waals surface area contributed by atoms with E-state index in [1.54, 1.807) is 14.0 Å². The van der Waals surface area contributed by atoms with Crippen molar-refractivity contribution in [1.29, 1.82) is 10.8 Å². The van der Waals surface area contributed by atoms with Gasteiger partial charge in [0.15, 0.2) is 11.4 Å². The van der Waals surface area contributed by atoms with E-state index in [1.165, 1.54) is 18.1 Å². The van der Waals surface area contributed by atoms with Crippen LogP contribution < -0.4 is 10.7 Å². The standard InChI is InChI=1S/C26H31F2N5O5S/c1-4-33(26(31-2)8-7-14(12-26)9-20(34)38-3)25(37)21-23(36)22(35)17(13-32-21)24(30)39-19(29)10-15-5-6-16(27)11-18(15)28/h5-6,11,13-14,29-31,36H,4,7-10,12H2,1-3H3,(H,32,35). The second-order valence-electron chi connectivity index (χ2n) is 9.24. The summed E-state index contributed by atoms with van der Waals surface area (Å²) in [5.74, 6) is -3.44. The lowest BCUT2D eigenvalue weighted by molar-refractivity contribution is -0.141. The summed E-state index contributed by atoms with van der Waals surface area (Å²) < 4.78 is 31.8. The molecule has 1 aliphatic carbocycles. The SMILES string of the molecule is CCN(C(=O)c1[nH]cc(C(=N)SC(=N)Cc2ccc(F)cc2F)c(=O)c1O)C1(NC)CCC(CC(=O)OC)C1. The number of thioether (sulfide) groups is 1. The minimum atomic E-state index is -0.972. The van der Waals surface area contributed by atoms with Gasteiger partial charge in [0.1, 0.15) is 16.7 Å². The molecule has 3 rings (SSSR count). The van der Waals surface area contributed by atoms with Crippen LogP contribution in [0.2, 0.25) is 0 Å². The fraction of sp³-hybridized carbons (Fsp3) is 0.423. The second kappa shape index (κ2) is 12.5. The van der Waals surface area contributed by atoms with Crippen molar-refractivity contribution >= 4 is 33.7 Å². The number of amides is 1. The Labute approximate surface area is 228 Å². The summed E-state index contributed by atoms with van der Waals surface area (Å²) in [6.07, 6.45) is 2.79. The second-order valence-corrected chi connectivity index (χ2v) is 10.3. The van der Waals surface area contributed by atoms with E-state index >= 15 is 0 Å². The molecular weight excluding hydrogens is 532 g/mol. The number of pyridine rings is 1. The summed E-state index contributed by atoms with van der Waals surface area (Å²) in [6, 6.07) is 2.95. The summed E-state index contributed by atoms with van der Waals surface area (Å²) >= 11 is 0.571. The van der Waals surface area contributed by atoms with Crippen molar-refractivity contribution in [2.24, 2.45) is 5.92 Å². The molecule has 1 aromatic carbocycles. The average molecular weight is 564 g/mol. The Kier molecular flexibility index (Phi) is 9.62. The van der Waals surface area contributed by atoms with Crippen molar-refractivity contribution in [2.45, 2.75) is 44.7 Å². The van der Waals surface area contributed by atoms with Gasteiger partial charge in [-0.3, -0.25) is 30.5 Å². The third kappa shape index (κ3) is 6.53. The van der Waals surface area contributed by atoms with Crippen LogP contribution in [0.4, 0.5) is 8.78 Å². The predicted octanol–water partition coefficient (Wildman–Crippen LogP) is 3.38. The minimum Gasteiger partial charge on any atom is -0.503 e. The van der Waals surface area contributed by atoms with Crippen molar-refractivity contribution in [3.05, 3.63) is 63.1 Å². The predicted molar refractivity (Wildman–Crippen MR) is 143 cm³/mol. The van der Waals surface area contributed by atoms with E-state index in [0.29, 0.717) is 37.1 Å². The number of aromatic nitrogens is 1. The van der Waals surface area contributed by atoms with Crippen LogP contribution in [-0.4, -0.2) is 63.3 Å². The summed E-state index contributed by atoms with van der Waals surface area (Å²) in [7, 11) is 3.02. The zero-order valence-electron chi connectivity index (χ0n) is 21.8. The zero-order chi connectivity index (χ0) is 28.9. The number of ether oxygens (including phenoxy) is 1. The van der Waals surface area contributed by atoms with E-state index in [9.17, 15) is 28.3 Å². The Morgan fingerprint density at radius 1 is 1.33 bits per heavy atom. The molecule has 1 fully saturated rings. The molecule has 0 radical (unpaired) electrons. The molecule has 2 aromatic rings. The van der Waals surface area contributed by atoms with E-state index in [4.69, 9.17) is 15.6 Å². The number of hydrogen-bond donors (Lipinski definition) is 5. The lowest BCUT2D eigenvalue weighted by Crippen LogP contribution is -2.58. The van der Waals surface area contributed by atoms with E-state index in [1.807, 2.05) is 0 Å². The Balaban J connectivity index is 1.78. The Hall–Kier alpha value is -3.58. The Bertz CT molecular complexity index is 1350. The molecule has 1 aromatic heterocycles. The molecule has 210 valence electrons. The first-order chi connectivity index (χ1) is 18.5. The maximum Gasteiger partial charge on any atom is 0.305 e. The third-order valence-electron chi connectivity index (χ3n) is 6.93. The Morgan fingerprint density at radius 2 is 2.05 bits per heavy atom. The van der Waals surface area contributed by atoms with E-state index in [-0.39, 0.29) is 53.1 Å². The number of H-pyrrole nitrogens is 1. The molecular formula is C26H31F2N5O5S. The molecule has 39 heavy (non-hydrogen) atoms. The van der Waals surface area contributed by atoms with Gasteiger partial charge < -0.3 is 19.7 Å². The fourth-order valence-electron chi connectivity index (χ4n) is 4.90. The molecule has 0 bridgehead atoms. The van der Waals surface area contributed by atoms with Gasteiger partial charge in [0.25, 0.3) is 5.91 Å². The highest BCUT2D eigenvalue weighted by atomic mass is 32.2. The van der Waals surface area contributed by atoms with Crippen LogP contribution in [0.5, 0.6) is 5.75 Å². The number of esters is 1. The fourth-order valence-corrected chi connectivity index (χ4v) is 5.64. The summed E-state index contributed by atoms with van der Waals surface area (Å²) in [6.45, 7) is 2.01. The number of benzene rings is 1. The van der Waals surface area contributed by atoms with Crippen molar-refractivity contribution in [1.82, 2.24) is 15.2 Å². The normalized spacial score (nSPS) is 18.5. The van der Waals surface area contributed by atoms with Crippen LogP contribution in [0, 0.1) is 28.4 Å². The summed E-state index contributed by atoms with van der Waals surface area (Å²) in [5, 5.41) is 29.6. The van der Waals surface area contributed by atoms with Gasteiger partial charge in [-0.25, -0.2) is 8.78 Å². The summed E-state index contributed by atoms with van der Waals surface area (Å²) in [5.41, 5.74) is -2.35. The van der Waals surface area contributed by atoms with Gasteiger partial charge in [0.05, 0.1) is 23.4 Å². The molecule has 0 saturated heterocycles. The highest BCUT2D eigenvalue weighted by molar-refractivity contribution is 8.26. The third-order valence-corrected chi connectivity index (χ3v) is 7.74. The van der Waals surface area contributed by atoms with Crippen LogP contribution in [0.25, 0.3) is 0 Å². The molecule has 10 nitrogen and oxygen atoms in total. The first-order valence-corrected chi connectivity index (χ1v) is 13.1. The molecule has 0 aliphatic heterocycles. The molecule has 13 heteroatoms. The van der Waals surface area contributed by atoms with Gasteiger partial charge in [0.2, 0.25) is 5.43 Å². The number of nitrogens with zero attached hydrogens (tertiary/aromatic N) is 1. The number of aromatic hydroxyl groups is 1. The number of methoxy groups -OCH3 is 1. The van der Waals surface area contributed by atoms with Gasteiger partial charge >= 0.3 is 5.97 Å². The van der Waals surface area contributed by atoms with Crippen LogP contribution in [0.1, 0.15) is 54.2 Å². The first-order valence-electron chi connectivity index (χ1n) is 12.3. The number of rotatable bonds is 9. The van der Waals surface area contributed by atoms with Crippen LogP contribution in [0.15, 0.2) is 29.2 Å². The van der Waals surface area contributed by atoms with Gasteiger partial charge in [0, 0.05) is 31.6 Å². The topological polar surface area (TPSA) is 159 Å². The van der Waals surface area contributed by atoms with Crippen molar-refractivity contribution in [3.8, 4) is 5.75 Å². The number of carbonyl (C=O) groups is 2. The number of carbonyl (C=O) groups excluding carboxylic acids is 2. The molecule has 0 spiro atoms. The monoisotopic (exact) mass is 563 g/mol. The van der Waals surface area contributed by atoms with Crippen LogP contribution >= 0.6 is 11.8 Å². The Morgan fingerprint density at radius 3 is 2.67 bits per heavy atom. The first kappa shape index (κ1) is 30.0. The highest BCUT2D eigenvalue weighted by Gasteiger charge is 2.45. The van der Waals surface area contributed by atoms with Gasteiger partial charge in [-0.2, -0.15) is 0 Å². The summed E-state index contributed by atoms with van der Waals surface area (Å²) in [4.78, 5) is 42.3. The van der Waals surface area contributed by atoms with Crippen LogP contribution in [0.3, 0.4) is 0 Å². The van der Waals surface area contributed by atoms with E-state index in [0.717, 1.165) is 12.3 Å². The molecule has 1 heterocycles. The smallest absolute Gasteiger partial charge is 0.305 e. The largest absolute Gasteiger partial charge is 0.503 e. The quantitative estimate of drug-likeness (QED) is 0.135. The number of hydrogen-bond acceptors (Lipinski definition) is 9. The van der Waals surface area contributed by atoms with E-state index in [2.05, 4.69) is 10.3 Å². The molecule has 1 amide bonds. The van der Waals surface area contributed by atoms with E-state index < -0.39 is 39.4 Å². The van der Waals surface area contributed by atoms with Gasteiger partial charge in [-0.1, -0.05) is 17.8 Å². The molecule has 2 atom stereocenters. The van der Waals surface area contributed by atoms with Gasteiger partial charge in [-0.05, 0) is 50.8 Å². The maximum atomic E-state index is 13.9. The molecule has 1 aliphatic rings. The van der Waals surface area contributed by atoms with Crippen molar-refractivity contribution in [3.63, 3.8) is 0 Å². The molecule has 2 unspecified atom stereocenters. The number of nitrogens with one attached hydrogen (secondary N) is 4. The minimum absolute atomic E-state index is 0.0158. The highest BCUT2D eigenvalue weighted by Crippen LogP contribution is 2.39. The average Bonchev–Trinajstić information content (AvgIpc) is 3.30. The van der Waals surface area contributed by atoms with Crippen molar-refractivity contribution < 1.29 is 28.2 Å². The number of aromatic amines is 1. The lowest BCUT2D eigenvalue weighted by atomic mass is 10.00.